The first-order chi connectivity index (χ1) is 15.5. The first-order valence-electron chi connectivity index (χ1n) is 10.8. The Kier molecular flexibility index (Phi) is 6.58. The van der Waals surface area contributed by atoms with Crippen molar-refractivity contribution >= 4 is 17.6 Å². The fraction of sp³-hybridized carbons (Fsp3) is 0.375. The van der Waals surface area contributed by atoms with Crippen LogP contribution in [-0.4, -0.2) is 50.4 Å². The molecule has 32 heavy (non-hydrogen) atoms. The average Bonchev–Trinajstić information content (AvgIpc) is 3.33. The van der Waals surface area contributed by atoms with Gasteiger partial charge in [0, 0.05) is 50.9 Å². The van der Waals surface area contributed by atoms with Gasteiger partial charge in [-0.05, 0) is 54.8 Å². The van der Waals surface area contributed by atoms with Crippen LogP contribution in [0.4, 0.5) is 11.7 Å². The van der Waals surface area contributed by atoms with Gasteiger partial charge in [0.2, 0.25) is 11.8 Å². The Morgan fingerprint density at radius 3 is 2.41 bits per heavy atom. The van der Waals surface area contributed by atoms with Crippen LogP contribution >= 0.6 is 0 Å². The lowest BCUT2D eigenvalue weighted by Crippen LogP contribution is -2.40. The van der Waals surface area contributed by atoms with E-state index in [1.807, 2.05) is 55.4 Å². The molecule has 0 saturated carbocycles. The van der Waals surface area contributed by atoms with Crippen LogP contribution in [0.15, 0.2) is 52.9 Å². The second kappa shape index (κ2) is 9.72. The minimum Gasteiger partial charge on any atom is -0.497 e. The van der Waals surface area contributed by atoms with E-state index in [-0.39, 0.29) is 11.8 Å². The van der Waals surface area contributed by atoms with Gasteiger partial charge in [-0.25, -0.2) is 0 Å². The number of piperidine rings is 1. The van der Waals surface area contributed by atoms with Gasteiger partial charge in [0.05, 0.1) is 7.11 Å². The molecule has 168 valence electrons. The standard InChI is InChI=1S/C24H29N5O3/c1-28(2)20-8-4-17(5-9-20)16-25-22(30)18-12-14-29(15-13-18)24-27-26-23(32-24)19-6-10-21(31-3)11-7-19/h4-11,18H,12-16H2,1-3H3,(H,25,30). The molecule has 0 atom stereocenters. The van der Waals surface area contributed by atoms with Gasteiger partial charge in [0.15, 0.2) is 0 Å². The average molecular weight is 436 g/mol. The molecule has 0 spiro atoms. The smallest absolute Gasteiger partial charge is 0.318 e. The van der Waals surface area contributed by atoms with Gasteiger partial charge in [0.25, 0.3) is 0 Å². The minimum absolute atomic E-state index is 0.00345. The maximum absolute atomic E-state index is 12.6. The summed E-state index contributed by atoms with van der Waals surface area (Å²) >= 11 is 0. The van der Waals surface area contributed by atoms with Crippen LogP contribution < -0.4 is 19.9 Å². The number of benzene rings is 2. The van der Waals surface area contributed by atoms with Crippen molar-refractivity contribution < 1.29 is 13.9 Å². The Morgan fingerprint density at radius 1 is 1.09 bits per heavy atom. The third-order valence-corrected chi connectivity index (χ3v) is 5.81. The molecule has 1 saturated heterocycles. The SMILES string of the molecule is COc1ccc(-c2nnc(N3CCC(C(=O)NCc4ccc(N(C)C)cc4)CC3)o2)cc1. The molecule has 0 radical (unpaired) electrons. The molecule has 1 fully saturated rings. The molecule has 3 aromatic rings. The molecule has 8 nitrogen and oxygen atoms in total. The van der Waals surface area contributed by atoms with E-state index in [0.717, 1.165) is 35.4 Å². The van der Waals surface area contributed by atoms with Gasteiger partial charge >= 0.3 is 6.01 Å². The molecule has 1 amide bonds. The summed E-state index contributed by atoms with van der Waals surface area (Å²) in [5, 5.41) is 11.4. The lowest BCUT2D eigenvalue weighted by Gasteiger charge is -2.29. The van der Waals surface area contributed by atoms with Crippen molar-refractivity contribution in [3.8, 4) is 17.2 Å². The van der Waals surface area contributed by atoms with E-state index in [1.54, 1.807) is 7.11 Å². The first-order valence-corrected chi connectivity index (χ1v) is 10.8. The van der Waals surface area contributed by atoms with Crippen LogP contribution in [0.2, 0.25) is 0 Å². The molecule has 2 aromatic carbocycles. The summed E-state index contributed by atoms with van der Waals surface area (Å²) in [6.45, 7) is 1.96. The number of anilines is 2. The molecule has 4 rings (SSSR count). The van der Waals surface area contributed by atoms with Crippen molar-refractivity contribution in [3.05, 3.63) is 54.1 Å². The third kappa shape index (κ3) is 5.01. The van der Waals surface area contributed by atoms with E-state index in [0.29, 0.717) is 31.5 Å². The molecular formula is C24H29N5O3. The van der Waals surface area contributed by atoms with E-state index < -0.39 is 0 Å². The molecule has 2 heterocycles. The molecular weight excluding hydrogens is 406 g/mol. The number of hydrogen-bond acceptors (Lipinski definition) is 7. The fourth-order valence-electron chi connectivity index (χ4n) is 3.77. The molecule has 1 aromatic heterocycles. The Morgan fingerprint density at radius 2 is 1.78 bits per heavy atom. The van der Waals surface area contributed by atoms with Crippen molar-refractivity contribution in [2.45, 2.75) is 19.4 Å². The summed E-state index contributed by atoms with van der Waals surface area (Å²) in [7, 11) is 5.65. The van der Waals surface area contributed by atoms with E-state index in [4.69, 9.17) is 9.15 Å². The van der Waals surface area contributed by atoms with Crippen molar-refractivity contribution in [3.63, 3.8) is 0 Å². The zero-order chi connectivity index (χ0) is 22.5. The monoisotopic (exact) mass is 435 g/mol. The summed E-state index contributed by atoms with van der Waals surface area (Å²) in [5.74, 6) is 1.35. The van der Waals surface area contributed by atoms with Gasteiger partial charge in [-0.15, -0.1) is 5.10 Å². The number of carbonyl (C=O) groups is 1. The summed E-state index contributed by atoms with van der Waals surface area (Å²) in [5.41, 5.74) is 3.08. The Bertz CT molecular complexity index is 1020. The number of nitrogens with one attached hydrogen (secondary N) is 1. The Balaban J connectivity index is 1.27. The topological polar surface area (TPSA) is 83.7 Å². The van der Waals surface area contributed by atoms with Crippen molar-refractivity contribution in [2.24, 2.45) is 5.92 Å². The minimum atomic E-state index is -0.00345. The van der Waals surface area contributed by atoms with Crippen LogP contribution in [0.25, 0.3) is 11.5 Å². The number of amides is 1. The zero-order valence-electron chi connectivity index (χ0n) is 18.7. The summed E-state index contributed by atoms with van der Waals surface area (Å²) in [6.07, 6.45) is 1.51. The highest BCUT2D eigenvalue weighted by Crippen LogP contribution is 2.27. The van der Waals surface area contributed by atoms with Crippen molar-refractivity contribution in [1.29, 1.82) is 0 Å². The van der Waals surface area contributed by atoms with E-state index in [1.165, 1.54) is 0 Å². The van der Waals surface area contributed by atoms with Crippen LogP contribution in [0.3, 0.4) is 0 Å². The van der Waals surface area contributed by atoms with Crippen molar-refractivity contribution in [2.75, 3.05) is 44.1 Å². The van der Waals surface area contributed by atoms with Gasteiger partial charge in [-0.3, -0.25) is 4.79 Å². The molecule has 1 N–H and O–H groups in total. The lowest BCUT2D eigenvalue weighted by atomic mass is 9.96. The van der Waals surface area contributed by atoms with Crippen LogP contribution in [0, 0.1) is 5.92 Å². The van der Waals surface area contributed by atoms with Gasteiger partial charge in [0.1, 0.15) is 5.75 Å². The molecule has 0 unspecified atom stereocenters. The van der Waals surface area contributed by atoms with Crippen LogP contribution in [0.5, 0.6) is 5.75 Å². The van der Waals surface area contributed by atoms with Crippen LogP contribution in [-0.2, 0) is 11.3 Å². The van der Waals surface area contributed by atoms with Gasteiger partial charge in [-0.2, -0.15) is 0 Å². The van der Waals surface area contributed by atoms with E-state index in [9.17, 15) is 4.79 Å². The normalized spacial score (nSPS) is 14.3. The van der Waals surface area contributed by atoms with Gasteiger partial charge in [-0.1, -0.05) is 17.2 Å². The molecule has 1 aliphatic heterocycles. The number of ether oxygens (including phenoxy) is 1. The van der Waals surface area contributed by atoms with Crippen LogP contribution in [0.1, 0.15) is 18.4 Å². The first kappa shape index (κ1) is 21.7. The van der Waals surface area contributed by atoms with Crippen molar-refractivity contribution in [1.82, 2.24) is 15.5 Å². The Labute approximate surface area is 188 Å². The summed E-state index contributed by atoms with van der Waals surface area (Å²) in [6, 6.07) is 16.2. The maximum Gasteiger partial charge on any atom is 0.318 e. The van der Waals surface area contributed by atoms with E-state index >= 15 is 0 Å². The quantitative estimate of drug-likeness (QED) is 0.609. The predicted octanol–water partition coefficient (Wildman–Crippen LogP) is 3.34. The van der Waals surface area contributed by atoms with E-state index in [2.05, 4.69) is 32.5 Å². The highest BCUT2D eigenvalue weighted by Gasteiger charge is 2.27. The third-order valence-electron chi connectivity index (χ3n) is 5.81. The molecule has 8 heteroatoms. The number of rotatable bonds is 7. The second-order valence-electron chi connectivity index (χ2n) is 8.16. The number of aromatic nitrogens is 2. The largest absolute Gasteiger partial charge is 0.497 e. The molecule has 0 aliphatic carbocycles. The molecule has 0 bridgehead atoms. The summed E-state index contributed by atoms with van der Waals surface area (Å²) in [4.78, 5) is 16.7. The summed E-state index contributed by atoms with van der Waals surface area (Å²) < 4.78 is 11.1. The number of carbonyl (C=O) groups excluding carboxylic acids is 1. The Hall–Kier alpha value is -3.55. The number of methoxy groups -OCH3 is 1. The molecule has 1 aliphatic rings. The zero-order valence-corrected chi connectivity index (χ0v) is 18.7. The highest BCUT2D eigenvalue weighted by molar-refractivity contribution is 5.79. The highest BCUT2D eigenvalue weighted by atomic mass is 16.5. The van der Waals surface area contributed by atoms with Gasteiger partial charge < -0.3 is 24.3 Å². The second-order valence-corrected chi connectivity index (χ2v) is 8.16. The number of nitrogens with zero attached hydrogens (tertiary/aromatic N) is 4. The number of hydrogen-bond donors (Lipinski definition) is 1. The maximum atomic E-state index is 12.6. The lowest BCUT2D eigenvalue weighted by molar-refractivity contribution is -0.125. The predicted molar refractivity (Wildman–Crippen MR) is 124 cm³/mol. The fourth-order valence-corrected chi connectivity index (χ4v) is 3.77.